The summed E-state index contributed by atoms with van der Waals surface area (Å²) in [6.45, 7) is 1.85. The number of carbonyl (C=O) groups is 1. The Hall–Kier alpha value is -4.26. The number of fused-ring (bicyclic) bond motifs is 1. The van der Waals surface area contributed by atoms with Crippen LogP contribution in [0.3, 0.4) is 0 Å². The number of nitrogens with zero attached hydrogens (tertiary/aromatic N) is 1. The molecule has 1 unspecified atom stereocenters. The maximum absolute atomic E-state index is 14.3. The normalized spacial score (nSPS) is 13.2. The lowest BCUT2D eigenvalue weighted by atomic mass is 9.85. The van der Waals surface area contributed by atoms with Crippen LogP contribution < -0.4 is 5.73 Å². The van der Waals surface area contributed by atoms with Gasteiger partial charge in [0.05, 0.1) is 5.69 Å². The predicted molar refractivity (Wildman–Crippen MR) is 149 cm³/mol. The Kier molecular flexibility index (Phi) is 7.83. The van der Waals surface area contributed by atoms with Crippen LogP contribution in [0.15, 0.2) is 72.8 Å². The van der Waals surface area contributed by atoms with Crippen molar-refractivity contribution < 1.29 is 22.4 Å². The van der Waals surface area contributed by atoms with Gasteiger partial charge in [-0.05, 0) is 101 Å². The SMILES string of the molecule is CCc1cc(-c2ccc(N)nc2C(CC(=O)CC2=CCc3ccc(F)cc32)Cc2cc(F)cc(F)c2)ccc1F. The summed E-state index contributed by atoms with van der Waals surface area (Å²) < 4.78 is 56.4. The Labute approximate surface area is 230 Å². The molecule has 4 aromatic rings. The molecule has 1 aliphatic rings. The van der Waals surface area contributed by atoms with Crippen molar-refractivity contribution in [3.8, 4) is 11.1 Å². The van der Waals surface area contributed by atoms with Crippen LogP contribution in [0.4, 0.5) is 23.4 Å². The highest BCUT2D eigenvalue weighted by molar-refractivity contribution is 5.92. The maximum atomic E-state index is 14.3. The summed E-state index contributed by atoms with van der Waals surface area (Å²) in [4.78, 5) is 18.1. The molecule has 2 N–H and O–H groups in total. The van der Waals surface area contributed by atoms with Crippen molar-refractivity contribution >= 4 is 17.2 Å². The average Bonchev–Trinajstić information content (AvgIpc) is 3.29. The van der Waals surface area contributed by atoms with Gasteiger partial charge in [0.25, 0.3) is 0 Å². The van der Waals surface area contributed by atoms with Gasteiger partial charge in [-0.15, -0.1) is 0 Å². The van der Waals surface area contributed by atoms with Crippen molar-refractivity contribution in [2.75, 3.05) is 5.73 Å². The van der Waals surface area contributed by atoms with Crippen LogP contribution >= 0.6 is 0 Å². The monoisotopic (exact) mass is 544 g/mol. The number of Topliss-reactive ketones (excluding diaryl/α,β-unsaturated/α-hetero) is 1. The molecule has 0 saturated heterocycles. The Morgan fingerprint density at radius 1 is 0.900 bits per heavy atom. The summed E-state index contributed by atoms with van der Waals surface area (Å²) in [6, 6.07) is 16.0. The van der Waals surface area contributed by atoms with Gasteiger partial charge in [0.15, 0.2) is 0 Å². The number of halogens is 4. The highest BCUT2D eigenvalue weighted by atomic mass is 19.1. The van der Waals surface area contributed by atoms with Gasteiger partial charge >= 0.3 is 0 Å². The first-order chi connectivity index (χ1) is 19.2. The van der Waals surface area contributed by atoms with E-state index in [0.29, 0.717) is 40.8 Å². The molecule has 3 nitrogen and oxygen atoms in total. The molecule has 0 amide bonds. The maximum Gasteiger partial charge on any atom is 0.137 e. The van der Waals surface area contributed by atoms with E-state index in [1.54, 1.807) is 30.3 Å². The van der Waals surface area contributed by atoms with E-state index < -0.39 is 17.6 Å². The van der Waals surface area contributed by atoms with Crippen molar-refractivity contribution in [3.63, 3.8) is 0 Å². The summed E-state index contributed by atoms with van der Waals surface area (Å²) in [5, 5.41) is 0. The molecule has 0 spiro atoms. The van der Waals surface area contributed by atoms with Crippen molar-refractivity contribution in [3.05, 3.63) is 124 Å². The molecule has 40 heavy (non-hydrogen) atoms. The lowest BCUT2D eigenvalue weighted by molar-refractivity contribution is -0.118. The van der Waals surface area contributed by atoms with Crippen LogP contribution in [-0.4, -0.2) is 10.8 Å². The van der Waals surface area contributed by atoms with E-state index in [4.69, 9.17) is 5.73 Å². The fraction of sp³-hybridized carbons (Fsp3) is 0.212. The van der Waals surface area contributed by atoms with E-state index in [1.807, 2.05) is 13.0 Å². The standard InChI is InChI=1S/C33H28F4N2O/c1-2-20-14-22(6-9-31(20)37)29-8-10-32(38)39-33(29)24(11-19-12-26(35)17-27(36)13-19)16-28(40)15-23-4-3-21-5-7-25(34)18-30(21)23/h4-10,12-14,17-18,24H,2-3,11,15-16H2,1H3,(H2,38,39). The van der Waals surface area contributed by atoms with Gasteiger partial charge in [0.1, 0.15) is 34.9 Å². The first kappa shape index (κ1) is 27.3. The van der Waals surface area contributed by atoms with Crippen molar-refractivity contribution in [2.45, 2.75) is 44.9 Å². The molecular weight excluding hydrogens is 516 g/mol. The number of nitrogens with two attached hydrogens (primary N) is 1. The molecule has 0 fully saturated rings. The summed E-state index contributed by atoms with van der Waals surface area (Å²) in [5.74, 6) is -2.63. The summed E-state index contributed by atoms with van der Waals surface area (Å²) >= 11 is 0. The zero-order chi connectivity index (χ0) is 28.4. The quantitative estimate of drug-likeness (QED) is 0.219. The van der Waals surface area contributed by atoms with E-state index in [2.05, 4.69) is 4.98 Å². The number of ketones is 1. The second-order valence-corrected chi connectivity index (χ2v) is 10.2. The van der Waals surface area contributed by atoms with Gasteiger partial charge in [0.2, 0.25) is 0 Å². The number of nitrogen functional groups attached to an aromatic ring is 1. The molecule has 7 heteroatoms. The second kappa shape index (κ2) is 11.5. The molecule has 0 bridgehead atoms. The Balaban J connectivity index is 1.52. The fourth-order valence-corrected chi connectivity index (χ4v) is 5.43. The second-order valence-electron chi connectivity index (χ2n) is 10.2. The minimum Gasteiger partial charge on any atom is -0.384 e. The third-order valence-electron chi connectivity index (χ3n) is 7.32. The van der Waals surface area contributed by atoms with E-state index in [-0.39, 0.29) is 42.5 Å². The van der Waals surface area contributed by atoms with Crippen LogP contribution in [0.1, 0.15) is 53.6 Å². The van der Waals surface area contributed by atoms with E-state index in [0.717, 1.165) is 22.8 Å². The number of aromatic nitrogens is 1. The third kappa shape index (κ3) is 5.98. The number of pyridine rings is 1. The van der Waals surface area contributed by atoms with Crippen LogP contribution in [0, 0.1) is 23.3 Å². The zero-order valence-corrected chi connectivity index (χ0v) is 22.0. The lowest BCUT2D eigenvalue weighted by Gasteiger charge is -2.21. The number of anilines is 1. The zero-order valence-electron chi connectivity index (χ0n) is 22.0. The molecule has 0 aliphatic heterocycles. The van der Waals surface area contributed by atoms with Gasteiger partial charge in [0, 0.05) is 30.4 Å². The molecule has 0 saturated carbocycles. The van der Waals surface area contributed by atoms with Crippen molar-refractivity contribution in [2.24, 2.45) is 0 Å². The van der Waals surface area contributed by atoms with Crippen LogP contribution in [0.25, 0.3) is 16.7 Å². The predicted octanol–water partition coefficient (Wildman–Crippen LogP) is 7.76. The molecule has 1 atom stereocenters. The molecule has 1 heterocycles. The number of hydrogen-bond acceptors (Lipinski definition) is 3. The highest BCUT2D eigenvalue weighted by Gasteiger charge is 2.25. The molecule has 0 radical (unpaired) electrons. The first-order valence-corrected chi connectivity index (χ1v) is 13.2. The number of carbonyl (C=O) groups excluding carboxylic acids is 1. The topological polar surface area (TPSA) is 56.0 Å². The highest BCUT2D eigenvalue weighted by Crippen LogP contribution is 2.36. The van der Waals surface area contributed by atoms with Gasteiger partial charge in [-0.1, -0.05) is 25.1 Å². The van der Waals surface area contributed by atoms with Gasteiger partial charge < -0.3 is 5.73 Å². The largest absolute Gasteiger partial charge is 0.384 e. The van der Waals surface area contributed by atoms with E-state index in [1.165, 1.54) is 30.3 Å². The molecular formula is C33H28F4N2O. The van der Waals surface area contributed by atoms with Crippen LogP contribution in [-0.2, 0) is 24.1 Å². The summed E-state index contributed by atoms with van der Waals surface area (Å²) in [7, 11) is 0. The minimum atomic E-state index is -0.721. The minimum absolute atomic E-state index is 0.00536. The first-order valence-electron chi connectivity index (χ1n) is 13.2. The Bertz CT molecular complexity index is 1610. The molecule has 5 rings (SSSR count). The van der Waals surface area contributed by atoms with Crippen molar-refractivity contribution in [1.29, 1.82) is 0 Å². The number of allylic oxidation sites excluding steroid dienone is 2. The molecule has 3 aromatic carbocycles. The fourth-order valence-electron chi connectivity index (χ4n) is 5.43. The molecule has 1 aromatic heterocycles. The van der Waals surface area contributed by atoms with Crippen molar-refractivity contribution in [1.82, 2.24) is 4.98 Å². The summed E-state index contributed by atoms with van der Waals surface area (Å²) in [6.07, 6.45) is 3.24. The smallest absolute Gasteiger partial charge is 0.137 e. The number of hydrogen-bond donors (Lipinski definition) is 1. The molecule has 1 aliphatic carbocycles. The molecule has 204 valence electrons. The number of rotatable bonds is 9. The lowest BCUT2D eigenvalue weighted by Crippen LogP contribution is -2.14. The summed E-state index contributed by atoms with van der Waals surface area (Å²) in [5.41, 5.74) is 11.2. The average molecular weight is 545 g/mol. The number of benzene rings is 3. The van der Waals surface area contributed by atoms with Gasteiger partial charge in [-0.25, -0.2) is 22.5 Å². The van der Waals surface area contributed by atoms with Crippen LogP contribution in [0.5, 0.6) is 0 Å². The van der Waals surface area contributed by atoms with Crippen LogP contribution in [0.2, 0.25) is 0 Å². The van der Waals surface area contributed by atoms with E-state index >= 15 is 0 Å². The van der Waals surface area contributed by atoms with Gasteiger partial charge in [-0.2, -0.15) is 0 Å². The third-order valence-corrected chi connectivity index (χ3v) is 7.32. The van der Waals surface area contributed by atoms with Gasteiger partial charge in [-0.3, -0.25) is 4.79 Å². The Morgan fingerprint density at radius 3 is 2.42 bits per heavy atom. The Morgan fingerprint density at radius 2 is 1.68 bits per heavy atom. The number of aryl methyl sites for hydroxylation is 1. The van der Waals surface area contributed by atoms with E-state index in [9.17, 15) is 22.4 Å².